The second-order valence-electron chi connectivity index (χ2n) is 7.71. The topological polar surface area (TPSA) is 110 Å². The highest BCUT2D eigenvalue weighted by molar-refractivity contribution is 7.91. The highest BCUT2D eigenvalue weighted by Gasteiger charge is 2.19. The first-order valence-electron chi connectivity index (χ1n) is 10.9. The van der Waals surface area contributed by atoms with Crippen LogP contribution in [0.4, 0.5) is 19.3 Å². The van der Waals surface area contributed by atoms with Crippen molar-refractivity contribution >= 4 is 32.9 Å². The van der Waals surface area contributed by atoms with Gasteiger partial charge < -0.3 is 14.5 Å². The Kier molecular flexibility index (Phi) is 8.32. The third kappa shape index (κ3) is 6.60. The van der Waals surface area contributed by atoms with Crippen LogP contribution >= 0.6 is 0 Å². The van der Waals surface area contributed by atoms with Crippen molar-refractivity contribution in [1.29, 1.82) is 0 Å². The Morgan fingerprint density at radius 3 is 2.50 bits per heavy atom. The number of methoxy groups -OCH3 is 1. The summed E-state index contributed by atoms with van der Waals surface area (Å²) in [6.45, 7) is 2.21. The number of carbonyl (C=O) groups is 1. The number of unbranched alkanes of at least 4 members (excludes halogenated alkanes) is 4. The highest BCUT2D eigenvalue weighted by atomic mass is 32.2. The van der Waals surface area contributed by atoms with E-state index in [1.54, 1.807) is 16.9 Å². The molecule has 184 valence electrons. The first-order chi connectivity index (χ1) is 16.2. The van der Waals surface area contributed by atoms with Crippen LogP contribution in [0.15, 0.2) is 36.4 Å². The van der Waals surface area contributed by atoms with E-state index in [4.69, 9.17) is 9.47 Å². The molecule has 8 nitrogen and oxygen atoms in total. The standard InChI is InChI=1S/C23H27F2N3O5S/c1-3-4-5-6-7-10-33-23(29)28-34(30,31)27-21-12-15(8-9-22(21)32-2)19-13-16-11-17(24)18(25)14-20(16)26-19/h8-9,11-14,26-27H,3-7,10H2,1-2H3,(H,28,29). The molecule has 2 aromatic carbocycles. The van der Waals surface area contributed by atoms with Gasteiger partial charge >= 0.3 is 16.3 Å². The van der Waals surface area contributed by atoms with Gasteiger partial charge in [0.25, 0.3) is 0 Å². The monoisotopic (exact) mass is 495 g/mol. The molecule has 0 saturated heterocycles. The molecule has 34 heavy (non-hydrogen) atoms. The van der Waals surface area contributed by atoms with E-state index in [0.29, 0.717) is 28.6 Å². The minimum absolute atomic E-state index is 0.0517. The van der Waals surface area contributed by atoms with Crippen molar-refractivity contribution in [3.05, 3.63) is 48.0 Å². The molecule has 0 bridgehead atoms. The number of benzene rings is 2. The zero-order valence-electron chi connectivity index (χ0n) is 18.9. The summed E-state index contributed by atoms with van der Waals surface area (Å²) >= 11 is 0. The van der Waals surface area contributed by atoms with Gasteiger partial charge in [-0.1, -0.05) is 32.6 Å². The number of ether oxygens (including phenoxy) is 2. The lowest BCUT2D eigenvalue weighted by Gasteiger charge is -2.14. The van der Waals surface area contributed by atoms with Gasteiger partial charge in [0.05, 0.1) is 19.4 Å². The van der Waals surface area contributed by atoms with E-state index in [1.807, 2.05) is 0 Å². The Bertz CT molecular complexity index is 1220. The van der Waals surface area contributed by atoms with Gasteiger partial charge in [0.2, 0.25) is 0 Å². The summed E-state index contributed by atoms with van der Waals surface area (Å²) in [6.07, 6.45) is 3.67. The fourth-order valence-electron chi connectivity index (χ4n) is 3.42. The first-order valence-corrected chi connectivity index (χ1v) is 12.3. The molecule has 3 aromatic rings. The third-order valence-corrected chi connectivity index (χ3v) is 6.04. The Labute approximate surface area is 196 Å². The number of aromatic nitrogens is 1. The lowest BCUT2D eigenvalue weighted by Crippen LogP contribution is -2.36. The fraction of sp³-hybridized carbons (Fsp3) is 0.348. The molecule has 0 saturated carbocycles. The number of nitrogens with one attached hydrogen (secondary N) is 3. The molecule has 0 spiro atoms. The number of carbonyl (C=O) groups excluding carboxylic acids is 1. The third-order valence-electron chi connectivity index (χ3n) is 5.12. The number of H-pyrrole nitrogens is 1. The Hall–Kier alpha value is -3.34. The van der Waals surface area contributed by atoms with E-state index in [-0.39, 0.29) is 18.0 Å². The minimum atomic E-state index is -4.32. The number of rotatable bonds is 11. The van der Waals surface area contributed by atoms with Gasteiger partial charge in [-0.2, -0.15) is 8.42 Å². The van der Waals surface area contributed by atoms with Crippen molar-refractivity contribution in [2.24, 2.45) is 0 Å². The second kappa shape index (κ2) is 11.2. The van der Waals surface area contributed by atoms with Gasteiger partial charge in [-0.05, 0) is 36.8 Å². The van der Waals surface area contributed by atoms with Crippen LogP contribution < -0.4 is 14.2 Å². The number of halogens is 2. The Morgan fingerprint density at radius 1 is 1.03 bits per heavy atom. The summed E-state index contributed by atoms with van der Waals surface area (Å²) in [7, 11) is -2.95. The smallest absolute Gasteiger partial charge is 0.422 e. The maximum atomic E-state index is 13.5. The van der Waals surface area contributed by atoms with E-state index in [9.17, 15) is 22.0 Å². The zero-order valence-corrected chi connectivity index (χ0v) is 19.7. The molecule has 11 heteroatoms. The fourth-order valence-corrected chi connectivity index (χ4v) is 4.20. The molecule has 0 radical (unpaired) electrons. The molecular formula is C23H27F2N3O5S. The molecule has 3 rings (SSSR count). The predicted octanol–water partition coefficient (Wildman–Crippen LogP) is 5.48. The molecule has 1 aromatic heterocycles. The normalized spacial score (nSPS) is 11.4. The summed E-state index contributed by atoms with van der Waals surface area (Å²) in [6, 6.07) is 8.35. The summed E-state index contributed by atoms with van der Waals surface area (Å²) in [5, 5.41) is 0.450. The second-order valence-corrected chi connectivity index (χ2v) is 9.12. The van der Waals surface area contributed by atoms with E-state index in [1.165, 1.54) is 19.2 Å². The van der Waals surface area contributed by atoms with Crippen molar-refractivity contribution in [2.45, 2.75) is 39.0 Å². The quantitative estimate of drug-likeness (QED) is 0.306. The molecule has 0 aliphatic heterocycles. The number of amides is 1. The van der Waals surface area contributed by atoms with Crippen LogP contribution in [0, 0.1) is 11.6 Å². The molecule has 0 aliphatic rings. The maximum absolute atomic E-state index is 13.5. The molecule has 0 atom stereocenters. The molecule has 0 unspecified atom stereocenters. The Morgan fingerprint density at radius 2 is 1.76 bits per heavy atom. The van der Waals surface area contributed by atoms with Crippen molar-refractivity contribution in [3.8, 4) is 17.0 Å². The van der Waals surface area contributed by atoms with Crippen LogP contribution in [0.3, 0.4) is 0 Å². The van der Waals surface area contributed by atoms with Crippen LogP contribution in [0.5, 0.6) is 5.75 Å². The lowest BCUT2D eigenvalue weighted by molar-refractivity contribution is 0.150. The lowest BCUT2D eigenvalue weighted by atomic mass is 10.1. The van der Waals surface area contributed by atoms with Gasteiger partial charge in [-0.25, -0.2) is 18.3 Å². The van der Waals surface area contributed by atoms with Crippen LogP contribution in [0.2, 0.25) is 0 Å². The predicted molar refractivity (Wildman–Crippen MR) is 126 cm³/mol. The van der Waals surface area contributed by atoms with Gasteiger partial charge in [-0.15, -0.1) is 0 Å². The molecule has 0 fully saturated rings. The van der Waals surface area contributed by atoms with Gasteiger partial charge in [0.1, 0.15) is 5.75 Å². The van der Waals surface area contributed by atoms with Gasteiger partial charge in [0, 0.05) is 28.2 Å². The average Bonchev–Trinajstić information content (AvgIpc) is 3.18. The van der Waals surface area contributed by atoms with E-state index < -0.39 is 27.9 Å². The number of hydrogen-bond donors (Lipinski definition) is 3. The summed E-state index contributed by atoms with van der Waals surface area (Å²) in [5.74, 6) is -1.75. The SMILES string of the molecule is CCCCCCCOC(=O)NS(=O)(=O)Nc1cc(-c2cc3cc(F)c(F)cc3[nH]2)ccc1OC. The molecular weight excluding hydrogens is 468 g/mol. The number of fused-ring (bicyclic) bond motifs is 1. The Balaban J connectivity index is 1.71. The van der Waals surface area contributed by atoms with Gasteiger partial charge in [0.15, 0.2) is 11.6 Å². The van der Waals surface area contributed by atoms with Gasteiger partial charge in [-0.3, -0.25) is 4.72 Å². The average molecular weight is 496 g/mol. The number of aromatic amines is 1. The van der Waals surface area contributed by atoms with Crippen molar-refractivity contribution in [3.63, 3.8) is 0 Å². The van der Waals surface area contributed by atoms with Crippen LogP contribution in [0.25, 0.3) is 22.2 Å². The minimum Gasteiger partial charge on any atom is -0.495 e. The highest BCUT2D eigenvalue weighted by Crippen LogP contribution is 2.32. The zero-order chi connectivity index (χ0) is 24.7. The van der Waals surface area contributed by atoms with E-state index in [2.05, 4.69) is 16.6 Å². The largest absolute Gasteiger partial charge is 0.495 e. The summed E-state index contributed by atoms with van der Waals surface area (Å²) in [4.78, 5) is 14.9. The van der Waals surface area contributed by atoms with Crippen LogP contribution in [-0.4, -0.2) is 33.2 Å². The maximum Gasteiger partial charge on any atom is 0.422 e. The molecule has 3 N–H and O–H groups in total. The number of hydrogen-bond acceptors (Lipinski definition) is 5. The first kappa shape index (κ1) is 25.3. The van der Waals surface area contributed by atoms with Crippen LogP contribution in [0.1, 0.15) is 39.0 Å². The van der Waals surface area contributed by atoms with E-state index in [0.717, 1.165) is 37.8 Å². The number of anilines is 1. The molecule has 0 aliphatic carbocycles. The molecule has 1 amide bonds. The van der Waals surface area contributed by atoms with Crippen molar-refractivity contribution in [1.82, 2.24) is 9.71 Å². The molecule has 1 heterocycles. The van der Waals surface area contributed by atoms with Crippen LogP contribution in [-0.2, 0) is 14.9 Å². The van der Waals surface area contributed by atoms with Crippen molar-refractivity contribution < 1.29 is 31.5 Å². The summed E-state index contributed by atoms with van der Waals surface area (Å²) < 4.78 is 66.1. The summed E-state index contributed by atoms with van der Waals surface area (Å²) in [5.41, 5.74) is 1.45. The van der Waals surface area contributed by atoms with Crippen molar-refractivity contribution in [2.75, 3.05) is 18.4 Å². The van der Waals surface area contributed by atoms with E-state index >= 15 is 0 Å².